The van der Waals surface area contributed by atoms with Crippen molar-refractivity contribution in [1.82, 2.24) is 4.98 Å². The van der Waals surface area contributed by atoms with Gasteiger partial charge in [0.2, 0.25) is 0 Å². The molecular weight excluding hydrogens is 434 g/mol. The van der Waals surface area contributed by atoms with Crippen LogP contribution in [0, 0.1) is 5.92 Å². The minimum absolute atomic E-state index is 0.0246. The van der Waals surface area contributed by atoms with Gasteiger partial charge in [-0.15, -0.1) is 0 Å². The molecule has 7 nitrogen and oxygen atoms in total. The molecule has 0 saturated heterocycles. The molecule has 1 aromatic heterocycles. The molecule has 1 unspecified atom stereocenters. The van der Waals surface area contributed by atoms with E-state index in [1.54, 1.807) is 20.2 Å². The second kappa shape index (κ2) is 11.5. The molecule has 0 aliphatic carbocycles. The molecule has 2 aromatic carbocycles. The van der Waals surface area contributed by atoms with E-state index in [-0.39, 0.29) is 31.5 Å². The molecule has 7 heteroatoms. The lowest BCUT2D eigenvalue weighted by atomic mass is 9.96. The maximum atomic E-state index is 12.1. The topological polar surface area (TPSA) is 84.0 Å². The summed E-state index contributed by atoms with van der Waals surface area (Å²) in [6, 6.07) is 13.0. The van der Waals surface area contributed by atoms with Crippen molar-refractivity contribution < 1.29 is 28.5 Å². The van der Waals surface area contributed by atoms with Crippen LogP contribution in [-0.4, -0.2) is 36.6 Å². The van der Waals surface area contributed by atoms with Gasteiger partial charge in [0.1, 0.15) is 35.6 Å². The molecule has 1 heterocycles. The molecule has 0 fully saturated rings. The zero-order valence-corrected chi connectivity index (χ0v) is 20.3. The average molecular weight is 466 g/mol. The predicted molar refractivity (Wildman–Crippen MR) is 129 cm³/mol. The van der Waals surface area contributed by atoms with Crippen molar-refractivity contribution in [2.24, 2.45) is 5.92 Å². The van der Waals surface area contributed by atoms with E-state index in [0.717, 1.165) is 27.8 Å². The number of hydrogen-bond acceptors (Lipinski definition) is 7. The van der Waals surface area contributed by atoms with Crippen LogP contribution in [0.2, 0.25) is 0 Å². The van der Waals surface area contributed by atoms with Crippen molar-refractivity contribution in [2.45, 2.75) is 46.8 Å². The van der Waals surface area contributed by atoms with Crippen molar-refractivity contribution in [3.05, 3.63) is 59.8 Å². The lowest BCUT2D eigenvalue weighted by Crippen LogP contribution is -2.26. The molecule has 0 aliphatic rings. The van der Waals surface area contributed by atoms with Crippen LogP contribution in [0.25, 0.3) is 10.9 Å². The van der Waals surface area contributed by atoms with Gasteiger partial charge in [0.05, 0.1) is 30.9 Å². The Morgan fingerprint density at radius 2 is 1.74 bits per heavy atom. The largest absolute Gasteiger partial charge is 0.497 e. The Kier molecular flexibility index (Phi) is 8.46. The molecule has 180 valence electrons. The van der Waals surface area contributed by atoms with Crippen LogP contribution >= 0.6 is 0 Å². The summed E-state index contributed by atoms with van der Waals surface area (Å²) in [7, 11) is 1.62. The molecule has 1 atom stereocenters. The number of aromatic nitrogens is 1. The van der Waals surface area contributed by atoms with Gasteiger partial charge in [-0.1, -0.05) is 12.1 Å². The number of hydrogen-bond donors (Lipinski definition) is 0. The number of pyridine rings is 1. The third kappa shape index (κ3) is 6.25. The van der Waals surface area contributed by atoms with Crippen molar-refractivity contribution in [3.63, 3.8) is 0 Å². The quantitative estimate of drug-likeness (QED) is 0.294. The highest BCUT2D eigenvalue weighted by atomic mass is 16.5. The van der Waals surface area contributed by atoms with Crippen LogP contribution in [0.5, 0.6) is 17.2 Å². The third-order valence-electron chi connectivity index (χ3n) is 5.27. The van der Waals surface area contributed by atoms with Gasteiger partial charge in [-0.3, -0.25) is 14.6 Å². The fourth-order valence-electron chi connectivity index (χ4n) is 3.55. The predicted octanol–water partition coefficient (Wildman–Crippen LogP) is 4.92. The van der Waals surface area contributed by atoms with Gasteiger partial charge in [-0.25, -0.2) is 0 Å². The fraction of sp³-hybridized carbons (Fsp3) is 0.370. The van der Waals surface area contributed by atoms with Gasteiger partial charge in [-0.05, 0) is 70.0 Å². The number of esters is 1. The van der Waals surface area contributed by atoms with Crippen LogP contribution in [-0.2, 0) is 27.4 Å². The van der Waals surface area contributed by atoms with Crippen molar-refractivity contribution in [3.8, 4) is 17.2 Å². The number of carbonyl (C=O) groups excluding carboxylic acids is 2. The summed E-state index contributed by atoms with van der Waals surface area (Å²) in [5, 5.41) is 0.860. The molecule has 0 amide bonds. The Balaban J connectivity index is 1.76. The lowest BCUT2D eigenvalue weighted by molar-refractivity contribution is -0.151. The Bertz CT molecular complexity index is 1140. The fourth-order valence-corrected chi connectivity index (χ4v) is 3.55. The van der Waals surface area contributed by atoms with Crippen molar-refractivity contribution in [1.29, 1.82) is 0 Å². The van der Waals surface area contributed by atoms with Crippen LogP contribution < -0.4 is 14.2 Å². The van der Waals surface area contributed by atoms with E-state index >= 15 is 0 Å². The summed E-state index contributed by atoms with van der Waals surface area (Å²) in [5.41, 5.74) is 2.48. The maximum Gasteiger partial charge on any atom is 0.316 e. The summed E-state index contributed by atoms with van der Waals surface area (Å²) in [5.74, 6) is 0.589. The number of fused-ring (bicyclic) bond motifs is 1. The van der Waals surface area contributed by atoms with E-state index in [2.05, 4.69) is 4.98 Å². The summed E-state index contributed by atoms with van der Waals surface area (Å²) >= 11 is 0. The van der Waals surface area contributed by atoms with Crippen LogP contribution in [0.1, 0.15) is 38.8 Å². The highest BCUT2D eigenvalue weighted by Gasteiger charge is 2.25. The average Bonchev–Trinajstić information content (AvgIpc) is 2.82. The SMILES string of the molecule is CCOC(=O)C(Cc1ccc(OCc2cnc3ccc(OC)cc3c2OC(C)C)cc1)C(C)=O. The number of ether oxygens (including phenoxy) is 4. The molecule has 0 bridgehead atoms. The normalized spacial score (nSPS) is 11.8. The van der Waals surface area contributed by atoms with E-state index in [1.165, 1.54) is 6.92 Å². The first kappa shape index (κ1) is 25.0. The maximum absolute atomic E-state index is 12.1. The molecule has 3 rings (SSSR count). The molecule has 0 spiro atoms. The molecule has 0 radical (unpaired) electrons. The number of methoxy groups -OCH3 is 1. The van der Waals surface area contributed by atoms with Crippen LogP contribution in [0.4, 0.5) is 0 Å². The number of ketones is 1. The summed E-state index contributed by atoms with van der Waals surface area (Å²) in [4.78, 5) is 28.5. The zero-order chi connectivity index (χ0) is 24.7. The third-order valence-corrected chi connectivity index (χ3v) is 5.27. The minimum Gasteiger partial charge on any atom is -0.497 e. The number of nitrogens with zero attached hydrogens (tertiary/aromatic N) is 1. The van der Waals surface area contributed by atoms with Gasteiger partial charge in [0.15, 0.2) is 0 Å². The number of benzene rings is 2. The van der Waals surface area contributed by atoms with E-state index in [9.17, 15) is 9.59 Å². The molecule has 0 aliphatic heterocycles. The minimum atomic E-state index is -0.803. The first-order chi connectivity index (χ1) is 16.3. The first-order valence-electron chi connectivity index (χ1n) is 11.3. The molecular formula is C27H31NO6. The number of carbonyl (C=O) groups is 2. The van der Waals surface area contributed by atoms with Gasteiger partial charge >= 0.3 is 5.97 Å². The second-order valence-electron chi connectivity index (χ2n) is 8.21. The highest BCUT2D eigenvalue weighted by Crippen LogP contribution is 2.33. The Hall–Kier alpha value is -3.61. The van der Waals surface area contributed by atoms with Crippen LogP contribution in [0.15, 0.2) is 48.7 Å². The van der Waals surface area contributed by atoms with E-state index in [0.29, 0.717) is 11.5 Å². The van der Waals surface area contributed by atoms with E-state index in [1.807, 2.05) is 56.3 Å². The monoisotopic (exact) mass is 465 g/mol. The molecule has 0 N–H and O–H groups in total. The highest BCUT2D eigenvalue weighted by molar-refractivity contribution is 5.98. The standard InChI is InChI=1S/C27H31NO6/c1-6-32-27(30)23(18(4)29)13-19-7-9-21(10-8-19)33-16-20-15-28-25-12-11-22(31-5)14-24(25)26(20)34-17(2)3/h7-12,14-15,17,23H,6,13,16H2,1-5H3. The summed E-state index contributed by atoms with van der Waals surface area (Å²) < 4.78 is 22.5. The molecule has 3 aromatic rings. The van der Waals surface area contributed by atoms with E-state index < -0.39 is 11.9 Å². The number of rotatable bonds is 11. The van der Waals surface area contributed by atoms with Gasteiger partial charge in [0.25, 0.3) is 0 Å². The van der Waals surface area contributed by atoms with Gasteiger partial charge in [-0.2, -0.15) is 0 Å². The van der Waals surface area contributed by atoms with Gasteiger partial charge < -0.3 is 18.9 Å². The van der Waals surface area contributed by atoms with Crippen LogP contribution in [0.3, 0.4) is 0 Å². The summed E-state index contributed by atoms with van der Waals surface area (Å²) in [6.45, 7) is 7.58. The first-order valence-corrected chi connectivity index (χ1v) is 11.3. The Morgan fingerprint density at radius 3 is 2.35 bits per heavy atom. The van der Waals surface area contributed by atoms with E-state index in [4.69, 9.17) is 18.9 Å². The zero-order valence-electron chi connectivity index (χ0n) is 20.3. The van der Waals surface area contributed by atoms with Gasteiger partial charge in [0, 0.05) is 11.6 Å². The Morgan fingerprint density at radius 1 is 1.03 bits per heavy atom. The van der Waals surface area contributed by atoms with Crippen molar-refractivity contribution >= 4 is 22.7 Å². The van der Waals surface area contributed by atoms with Crippen molar-refractivity contribution in [2.75, 3.05) is 13.7 Å². The number of Topliss-reactive ketones (excluding diaryl/α,β-unsaturated/α-hetero) is 1. The lowest BCUT2D eigenvalue weighted by Gasteiger charge is -2.17. The second-order valence-corrected chi connectivity index (χ2v) is 8.21. The Labute approximate surface area is 200 Å². The molecule has 34 heavy (non-hydrogen) atoms. The smallest absolute Gasteiger partial charge is 0.316 e. The summed E-state index contributed by atoms with van der Waals surface area (Å²) in [6.07, 6.45) is 2.03. The molecule has 0 saturated carbocycles.